The quantitative estimate of drug-likeness (QED) is 0.809. The van der Waals surface area contributed by atoms with Crippen LogP contribution in [0, 0.1) is 19.7 Å². The third kappa shape index (κ3) is 2.62. The minimum absolute atomic E-state index is 0.169. The van der Waals surface area contributed by atoms with E-state index in [1.54, 1.807) is 12.1 Å². The smallest absolute Gasteiger partial charge is 0.148 e. The van der Waals surface area contributed by atoms with Crippen LogP contribution >= 0.6 is 0 Å². The summed E-state index contributed by atoms with van der Waals surface area (Å²) in [5.74, 6) is -0.388. The van der Waals surface area contributed by atoms with Crippen LogP contribution in [-0.4, -0.2) is 0 Å². The Morgan fingerprint density at radius 3 is 2.67 bits per heavy atom. The maximum absolute atomic E-state index is 13.3. The molecule has 94 valence electrons. The van der Waals surface area contributed by atoms with Crippen molar-refractivity contribution in [2.45, 2.75) is 20.4 Å². The Bertz CT molecular complexity index is 564. The molecule has 0 bridgehead atoms. The fourth-order valence-electron chi connectivity index (χ4n) is 1.93. The largest absolute Gasteiger partial charge is 0.395 e. The first kappa shape index (κ1) is 12.4. The summed E-state index contributed by atoms with van der Waals surface area (Å²) in [4.78, 5) is 0. The van der Waals surface area contributed by atoms with Gasteiger partial charge in [-0.2, -0.15) is 0 Å². The Hall–Kier alpha value is -2.03. The third-order valence-corrected chi connectivity index (χ3v) is 3.02. The van der Waals surface area contributed by atoms with Gasteiger partial charge in [-0.1, -0.05) is 29.8 Å². The van der Waals surface area contributed by atoms with Gasteiger partial charge in [0.1, 0.15) is 5.82 Å². The zero-order chi connectivity index (χ0) is 13.1. The van der Waals surface area contributed by atoms with E-state index in [-0.39, 0.29) is 11.5 Å². The fourth-order valence-corrected chi connectivity index (χ4v) is 1.93. The second-order valence-electron chi connectivity index (χ2n) is 4.48. The second kappa shape index (κ2) is 5.08. The van der Waals surface area contributed by atoms with E-state index >= 15 is 0 Å². The number of nitrogens with two attached hydrogens (primary N) is 1. The first-order valence-electron chi connectivity index (χ1n) is 5.92. The van der Waals surface area contributed by atoms with E-state index in [2.05, 4.69) is 37.4 Å². The monoisotopic (exact) mass is 244 g/mol. The van der Waals surface area contributed by atoms with E-state index in [1.807, 2.05) is 0 Å². The molecule has 3 N–H and O–H groups in total. The maximum Gasteiger partial charge on any atom is 0.148 e. The summed E-state index contributed by atoms with van der Waals surface area (Å²) in [6.45, 7) is 4.77. The SMILES string of the molecule is Cc1ccc(CNc2cccc(F)c2N)c(C)c1. The van der Waals surface area contributed by atoms with E-state index in [9.17, 15) is 4.39 Å². The number of rotatable bonds is 3. The molecule has 2 rings (SSSR count). The van der Waals surface area contributed by atoms with Crippen LogP contribution in [0.2, 0.25) is 0 Å². The van der Waals surface area contributed by atoms with Crippen LogP contribution in [0.25, 0.3) is 0 Å². The van der Waals surface area contributed by atoms with Gasteiger partial charge in [-0.05, 0) is 37.1 Å². The predicted molar refractivity (Wildman–Crippen MR) is 74.1 cm³/mol. The number of anilines is 2. The molecule has 2 nitrogen and oxygen atoms in total. The lowest BCUT2D eigenvalue weighted by Crippen LogP contribution is -2.05. The minimum atomic E-state index is -0.388. The first-order chi connectivity index (χ1) is 8.58. The van der Waals surface area contributed by atoms with Crippen molar-refractivity contribution in [1.82, 2.24) is 0 Å². The van der Waals surface area contributed by atoms with Gasteiger partial charge in [-0.25, -0.2) is 4.39 Å². The average molecular weight is 244 g/mol. The highest BCUT2D eigenvalue weighted by molar-refractivity contribution is 5.66. The van der Waals surface area contributed by atoms with E-state index in [0.29, 0.717) is 12.2 Å². The molecule has 0 aliphatic rings. The molecule has 18 heavy (non-hydrogen) atoms. The summed E-state index contributed by atoms with van der Waals surface area (Å²) >= 11 is 0. The van der Waals surface area contributed by atoms with Gasteiger partial charge in [0.2, 0.25) is 0 Å². The van der Waals surface area contributed by atoms with Crippen molar-refractivity contribution in [3.05, 3.63) is 58.9 Å². The van der Waals surface area contributed by atoms with Gasteiger partial charge < -0.3 is 11.1 Å². The molecule has 0 aliphatic carbocycles. The second-order valence-corrected chi connectivity index (χ2v) is 4.48. The fraction of sp³-hybridized carbons (Fsp3) is 0.200. The Morgan fingerprint density at radius 2 is 1.94 bits per heavy atom. The van der Waals surface area contributed by atoms with E-state index in [4.69, 9.17) is 5.73 Å². The normalized spacial score (nSPS) is 10.4. The van der Waals surface area contributed by atoms with Crippen molar-refractivity contribution in [2.24, 2.45) is 0 Å². The van der Waals surface area contributed by atoms with Crippen molar-refractivity contribution in [3.63, 3.8) is 0 Å². The Labute approximate surface area is 107 Å². The first-order valence-corrected chi connectivity index (χ1v) is 5.92. The van der Waals surface area contributed by atoms with Crippen LogP contribution in [0.15, 0.2) is 36.4 Å². The topological polar surface area (TPSA) is 38.0 Å². The third-order valence-electron chi connectivity index (χ3n) is 3.02. The Balaban J connectivity index is 2.14. The Morgan fingerprint density at radius 1 is 1.17 bits per heavy atom. The molecule has 2 aromatic rings. The zero-order valence-electron chi connectivity index (χ0n) is 10.6. The number of aryl methyl sites for hydroxylation is 2. The summed E-state index contributed by atoms with van der Waals surface area (Å²) < 4.78 is 13.3. The van der Waals surface area contributed by atoms with Gasteiger partial charge in [-0.3, -0.25) is 0 Å². The highest BCUT2D eigenvalue weighted by atomic mass is 19.1. The van der Waals surface area contributed by atoms with Crippen LogP contribution in [-0.2, 0) is 6.54 Å². The van der Waals surface area contributed by atoms with Crippen LogP contribution in [0.4, 0.5) is 15.8 Å². The van der Waals surface area contributed by atoms with Gasteiger partial charge in [0.25, 0.3) is 0 Å². The predicted octanol–water partition coefficient (Wildman–Crippen LogP) is 3.64. The molecule has 0 saturated heterocycles. The van der Waals surface area contributed by atoms with E-state index < -0.39 is 0 Å². The minimum Gasteiger partial charge on any atom is -0.395 e. The number of nitrogens with one attached hydrogen (secondary N) is 1. The summed E-state index contributed by atoms with van der Waals surface area (Å²) in [5.41, 5.74) is 10.1. The molecule has 0 fully saturated rings. The summed E-state index contributed by atoms with van der Waals surface area (Å²) in [5, 5.41) is 3.17. The van der Waals surface area contributed by atoms with Gasteiger partial charge >= 0.3 is 0 Å². The molecule has 0 unspecified atom stereocenters. The van der Waals surface area contributed by atoms with Crippen molar-refractivity contribution in [2.75, 3.05) is 11.1 Å². The van der Waals surface area contributed by atoms with Gasteiger partial charge in [0.15, 0.2) is 0 Å². The highest BCUT2D eigenvalue weighted by Gasteiger charge is 2.04. The molecule has 0 saturated carbocycles. The highest BCUT2D eigenvalue weighted by Crippen LogP contribution is 2.22. The van der Waals surface area contributed by atoms with Crippen LogP contribution < -0.4 is 11.1 Å². The molecule has 3 heteroatoms. The number of halogens is 1. The number of hydrogen-bond donors (Lipinski definition) is 2. The summed E-state index contributed by atoms with van der Waals surface area (Å²) in [6, 6.07) is 11.1. The molecule has 2 aromatic carbocycles. The van der Waals surface area contributed by atoms with Crippen molar-refractivity contribution in [3.8, 4) is 0 Å². The number of benzene rings is 2. The molecule has 0 amide bonds. The molecule has 0 heterocycles. The number of nitrogen functional groups attached to an aromatic ring is 1. The van der Waals surface area contributed by atoms with Gasteiger partial charge in [0, 0.05) is 6.54 Å². The molecule has 0 aliphatic heterocycles. The van der Waals surface area contributed by atoms with Crippen molar-refractivity contribution >= 4 is 11.4 Å². The molecule has 0 radical (unpaired) electrons. The van der Waals surface area contributed by atoms with Crippen molar-refractivity contribution < 1.29 is 4.39 Å². The summed E-state index contributed by atoms with van der Waals surface area (Å²) in [6.07, 6.45) is 0. The number of para-hydroxylation sites is 1. The van der Waals surface area contributed by atoms with Crippen LogP contribution in [0.3, 0.4) is 0 Å². The van der Waals surface area contributed by atoms with Crippen molar-refractivity contribution in [1.29, 1.82) is 0 Å². The molecular weight excluding hydrogens is 227 g/mol. The standard InChI is InChI=1S/C15H17FN2/c1-10-6-7-12(11(2)8-10)9-18-14-5-3-4-13(16)15(14)17/h3-8,18H,9,17H2,1-2H3. The lowest BCUT2D eigenvalue weighted by atomic mass is 10.1. The summed E-state index contributed by atoms with van der Waals surface area (Å²) in [7, 11) is 0. The van der Waals surface area contributed by atoms with Crippen LogP contribution in [0.1, 0.15) is 16.7 Å². The Kier molecular flexibility index (Phi) is 3.51. The maximum atomic E-state index is 13.3. The van der Waals surface area contributed by atoms with Gasteiger partial charge in [0.05, 0.1) is 11.4 Å². The molecule has 0 spiro atoms. The van der Waals surface area contributed by atoms with Crippen LogP contribution in [0.5, 0.6) is 0 Å². The lowest BCUT2D eigenvalue weighted by Gasteiger charge is -2.12. The van der Waals surface area contributed by atoms with E-state index in [1.165, 1.54) is 22.8 Å². The van der Waals surface area contributed by atoms with Gasteiger partial charge in [-0.15, -0.1) is 0 Å². The number of hydrogen-bond acceptors (Lipinski definition) is 2. The lowest BCUT2D eigenvalue weighted by molar-refractivity contribution is 0.633. The zero-order valence-corrected chi connectivity index (χ0v) is 10.6. The molecule has 0 aromatic heterocycles. The molecular formula is C15H17FN2. The molecule has 0 atom stereocenters. The average Bonchev–Trinajstić information content (AvgIpc) is 2.33. The van der Waals surface area contributed by atoms with E-state index in [0.717, 1.165) is 0 Å².